The van der Waals surface area contributed by atoms with Crippen molar-refractivity contribution in [1.82, 2.24) is 20.1 Å². The molecule has 5 heteroatoms. The van der Waals surface area contributed by atoms with Gasteiger partial charge in [-0.25, -0.2) is 0 Å². The van der Waals surface area contributed by atoms with Crippen LogP contribution in [0.1, 0.15) is 56.5 Å². The van der Waals surface area contributed by atoms with Crippen molar-refractivity contribution in [2.24, 2.45) is 0 Å². The molecule has 1 aliphatic carbocycles. The van der Waals surface area contributed by atoms with Crippen LogP contribution in [0.5, 0.6) is 0 Å². The van der Waals surface area contributed by atoms with Crippen molar-refractivity contribution < 1.29 is 4.79 Å². The van der Waals surface area contributed by atoms with E-state index in [0.717, 1.165) is 30.4 Å². The average Bonchev–Trinajstić information content (AvgIpc) is 2.99. The minimum absolute atomic E-state index is 0.0379. The average molecular weight is 324 g/mol. The summed E-state index contributed by atoms with van der Waals surface area (Å²) in [5, 5.41) is 7.67. The highest BCUT2D eigenvalue weighted by atomic mass is 16.1. The number of carbonyl (C=O) groups excluding carboxylic acids is 1. The predicted octanol–water partition coefficient (Wildman–Crippen LogP) is 3.24. The van der Waals surface area contributed by atoms with E-state index in [4.69, 9.17) is 0 Å². The van der Waals surface area contributed by atoms with Gasteiger partial charge in [-0.2, -0.15) is 5.10 Å². The van der Waals surface area contributed by atoms with Crippen molar-refractivity contribution in [3.05, 3.63) is 53.6 Å². The summed E-state index contributed by atoms with van der Waals surface area (Å²) < 4.78 is 2.09. The third-order valence-electron chi connectivity index (χ3n) is 4.25. The zero-order valence-electron chi connectivity index (χ0n) is 14.5. The van der Waals surface area contributed by atoms with Crippen molar-refractivity contribution in [3.63, 3.8) is 0 Å². The standard InChI is InChI=1S/C19H24N4O/c1-19(2,3)23-17-8-4-7-16(15(17)13-21-23)22-18(24)10-9-14-6-5-11-20-12-14/h5-6,9-13,16H,4,7-8H2,1-3H3,(H,22,24)/b10-9-/t16-/m0/s1. The predicted molar refractivity (Wildman–Crippen MR) is 94.3 cm³/mol. The van der Waals surface area contributed by atoms with Gasteiger partial charge in [-0.1, -0.05) is 6.07 Å². The van der Waals surface area contributed by atoms with Crippen LogP contribution in [0.15, 0.2) is 36.8 Å². The Hall–Kier alpha value is -2.43. The number of hydrogen-bond donors (Lipinski definition) is 1. The Morgan fingerprint density at radius 1 is 1.38 bits per heavy atom. The van der Waals surface area contributed by atoms with E-state index in [2.05, 4.69) is 40.9 Å². The Balaban J connectivity index is 1.72. The second kappa shape index (κ2) is 6.59. The minimum Gasteiger partial charge on any atom is -0.346 e. The van der Waals surface area contributed by atoms with Gasteiger partial charge in [-0.15, -0.1) is 0 Å². The van der Waals surface area contributed by atoms with Gasteiger partial charge in [0.1, 0.15) is 0 Å². The van der Waals surface area contributed by atoms with E-state index in [0.29, 0.717) is 0 Å². The van der Waals surface area contributed by atoms with Gasteiger partial charge in [0.15, 0.2) is 0 Å². The lowest BCUT2D eigenvalue weighted by Crippen LogP contribution is -2.31. The first kappa shape index (κ1) is 16.4. The summed E-state index contributed by atoms with van der Waals surface area (Å²) in [6, 6.07) is 3.81. The number of hydrogen-bond acceptors (Lipinski definition) is 3. The van der Waals surface area contributed by atoms with E-state index in [9.17, 15) is 4.79 Å². The van der Waals surface area contributed by atoms with Crippen molar-refractivity contribution >= 4 is 12.0 Å². The Morgan fingerprint density at radius 2 is 2.21 bits per heavy atom. The lowest BCUT2D eigenvalue weighted by atomic mass is 9.92. The van der Waals surface area contributed by atoms with Crippen LogP contribution in [0.4, 0.5) is 0 Å². The van der Waals surface area contributed by atoms with E-state index in [-0.39, 0.29) is 17.5 Å². The number of nitrogens with zero attached hydrogens (tertiary/aromatic N) is 3. The largest absolute Gasteiger partial charge is 0.346 e. The number of nitrogens with one attached hydrogen (secondary N) is 1. The Bertz CT molecular complexity index is 740. The normalized spacial score (nSPS) is 17.7. The number of pyridine rings is 1. The van der Waals surface area contributed by atoms with Crippen LogP contribution in [0, 0.1) is 0 Å². The monoisotopic (exact) mass is 324 g/mol. The maximum Gasteiger partial charge on any atom is 0.244 e. The molecule has 0 spiro atoms. The minimum atomic E-state index is -0.0831. The molecule has 1 N–H and O–H groups in total. The Kier molecular flexibility index (Phi) is 4.51. The summed E-state index contributed by atoms with van der Waals surface area (Å²) in [7, 11) is 0. The number of carbonyl (C=O) groups is 1. The molecule has 1 atom stereocenters. The molecule has 0 saturated carbocycles. The number of rotatable bonds is 3. The second-order valence-electron chi connectivity index (χ2n) is 7.20. The molecule has 0 saturated heterocycles. The van der Waals surface area contributed by atoms with E-state index in [1.54, 1.807) is 24.5 Å². The third-order valence-corrected chi connectivity index (χ3v) is 4.25. The highest BCUT2D eigenvalue weighted by molar-refractivity contribution is 5.91. The van der Waals surface area contributed by atoms with Gasteiger partial charge in [0.2, 0.25) is 5.91 Å². The molecular formula is C19H24N4O. The molecule has 3 rings (SSSR count). The van der Waals surface area contributed by atoms with Gasteiger partial charge < -0.3 is 5.32 Å². The molecule has 0 bridgehead atoms. The molecule has 0 aliphatic heterocycles. The van der Waals surface area contributed by atoms with Crippen LogP contribution in [-0.2, 0) is 16.8 Å². The molecule has 0 radical (unpaired) electrons. The molecule has 2 heterocycles. The van der Waals surface area contributed by atoms with Gasteiger partial charge in [0.05, 0.1) is 17.8 Å². The summed E-state index contributed by atoms with van der Waals surface area (Å²) in [6.45, 7) is 6.46. The van der Waals surface area contributed by atoms with Gasteiger partial charge in [0.25, 0.3) is 0 Å². The molecule has 0 aromatic carbocycles. The quantitative estimate of drug-likeness (QED) is 0.882. The van der Waals surface area contributed by atoms with Gasteiger partial charge in [-0.3, -0.25) is 14.5 Å². The topological polar surface area (TPSA) is 59.8 Å². The summed E-state index contributed by atoms with van der Waals surface area (Å²) in [6.07, 6.45) is 11.7. The van der Waals surface area contributed by atoms with Crippen LogP contribution in [-0.4, -0.2) is 20.7 Å². The fourth-order valence-electron chi connectivity index (χ4n) is 3.15. The molecule has 1 aliphatic rings. The van der Waals surface area contributed by atoms with Crippen LogP contribution < -0.4 is 5.32 Å². The zero-order chi connectivity index (χ0) is 17.2. The summed E-state index contributed by atoms with van der Waals surface area (Å²) >= 11 is 0. The smallest absolute Gasteiger partial charge is 0.244 e. The Morgan fingerprint density at radius 3 is 2.92 bits per heavy atom. The highest BCUT2D eigenvalue weighted by Crippen LogP contribution is 2.32. The molecule has 1 amide bonds. The zero-order valence-corrected chi connectivity index (χ0v) is 14.5. The lowest BCUT2D eigenvalue weighted by molar-refractivity contribution is -0.117. The fraction of sp³-hybridized carbons (Fsp3) is 0.421. The first-order valence-electron chi connectivity index (χ1n) is 8.41. The van der Waals surface area contributed by atoms with Crippen LogP contribution in [0.25, 0.3) is 6.08 Å². The van der Waals surface area contributed by atoms with Crippen molar-refractivity contribution in [2.75, 3.05) is 0 Å². The van der Waals surface area contributed by atoms with E-state index >= 15 is 0 Å². The highest BCUT2D eigenvalue weighted by Gasteiger charge is 2.28. The van der Waals surface area contributed by atoms with Crippen LogP contribution in [0.2, 0.25) is 0 Å². The molecule has 0 fully saturated rings. The van der Waals surface area contributed by atoms with Crippen LogP contribution in [0.3, 0.4) is 0 Å². The second-order valence-corrected chi connectivity index (χ2v) is 7.20. The maximum absolute atomic E-state index is 12.3. The fourth-order valence-corrected chi connectivity index (χ4v) is 3.15. The van der Waals surface area contributed by atoms with E-state index in [1.807, 2.05) is 18.3 Å². The van der Waals surface area contributed by atoms with E-state index in [1.165, 1.54) is 5.69 Å². The van der Waals surface area contributed by atoms with Crippen molar-refractivity contribution in [3.8, 4) is 0 Å². The van der Waals surface area contributed by atoms with Crippen molar-refractivity contribution in [1.29, 1.82) is 0 Å². The first-order chi connectivity index (χ1) is 11.4. The SMILES string of the molecule is CC(C)(C)n1ncc2c1CCC[C@@H]2NC(=O)/C=C\c1cccnc1. The molecule has 0 unspecified atom stereocenters. The number of amides is 1. The molecule has 126 valence electrons. The molecule has 24 heavy (non-hydrogen) atoms. The van der Waals surface area contributed by atoms with Gasteiger partial charge in [0, 0.05) is 29.7 Å². The van der Waals surface area contributed by atoms with Gasteiger partial charge in [-0.05, 0) is 57.7 Å². The van der Waals surface area contributed by atoms with Crippen molar-refractivity contribution in [2.45, 2.75) is 51.6 Å². The Labute approximate surface area is 142 Å². The van der Waals surface area contributed by atoms with E-state index < -0.39 is 0 Å². The molecule has 5 nitrogen and oxygen atoms in total. The molecule has 2 aromatic rings. The summed E-state index contributed by atoms with van der Waals surface area (Å²) in [5.41, 5.74) is 3.27. The summed E-state index contributed by atoms with van der Waals surface area (Å²) in [4.78, 5) is 16.3. The summed E-state index contributed by atoms with van der Waals surface area (Å²) in [5.74, 6) is -0.0831. The van der Waals surface area contributed by atoms with Gasteiger partial charge >= 0.3 is 0 Å². The molecular weight excluding hydrogens is 300 g/mol. The molecule has 2 aromatic heterocycles. The number of fused-ring (bicyclic) bond motifs is 1. The first-order valence-corrected chi connectivity index (χ1v) is 8.41. The third kappa shape index (κ3) is 3.55. The van der Waals surface area contributed by atoms with Crippen LogP contribution >= 0.6 is 0 Å². The number of aromatic nitrogens is 3. The lowest BCUT2D eigenvalue weighted by Gasteiger charge is -2.28. The maximum atomic E-state index is 12.3.